The van der Waals surface area contributed by atoms with E-state index in [1.807, 2.05) is 0 Å². The molecule has 0 aromatic carbocycles. The van der Waals surface area contributed by atoms with Gasteiger partial charge in [0.1, 0.15) is 0 Å². The molecular formula is C15H29FN2. The molecular weight excluding hydrogens is 227 g/mol. The van der Waals surface area contributed by atoms with Crippen molar-refractivity contribution in [3.63, 3.8) is 0 Å². The maximum Gasteiger partial charge on any atom is 0.0906 e. The smallest absolute Gasteiger partial charge is 0.0906 e. The van der Waals surface area contributed by atoms with Gasteiger partial charge in [-0.25, -0.2) is 0 Å². The lowest BCUT2D eigenvalue weighted by Crippen LogP contribution is -2.64. The average molecular weight is 256 g/mol. The van der Waals surface area contributed by atoms with Crippen LogP contribution in [0, 0.1) is 0 Å². The van der Waals surface area contributed by atoms with Crippen LogP contribution in [-0.4, -0.2) is 42.8 Å². The lowest BCUT2D eigenvalue weighted by atomic mass is 9.79. The van der Waals surface area contributed by atoms with E-state index in [9.17, 15) is 4.39 Å². The summed E-state index contributed by atoms with van der Waals surface area (Å²) in [6, 6.07) is 0.633. The normalized spacial score (nSPS) is 28.7. The molecule has 1 N–H and O–H groups in total. The number of alkyl halides is 1. The standard InChI is InChI=1S/C15H29FN2/c1-2-7-14-12-17-15(8-4-3-5-9-15)13-18(14)11-6-10-16/h14,17H,2-13H2,1H3. The molecule has 0 radical (unpaired) electrons. The van der Waals surface area contributed by atoms with Crippen LogP contribution >= 0.6 is 0 Å². The molecule has 2 nitrogen and oxygen atoms in total. The number of nitrogens with zero attached hydrogens (tertiary/aromatic N) is 1. The van der Waals surface area contributed by atoms with Gasteiger partial charge in [0.15, 0.2) is 0 Å². The third-order valence-electron chi connectivity index (χ3n) is 4.75. The Hall–Kier alpha value is -0.150. The summed E-state index contributed by atoms with van der Waals surface area (Å²) in [7, 11) is 0. The van der Waals surface area contributed by atoms with Crippen LogP contribution in [0.15, 0.2) is 0 Å². The highest BCUT2D eigenvalue weighted by atomic mass is 19.1. The monoisotopic (exact) mass is 256 g/mol. The molecule has 1 heterocycles. The molecule has 0 bridgehead atoms. The van der Waals surface area contributed by atoms with Gasteiger partial charge in [-0.3, -0.25) is 9.29 Å². The van der Waals surface area contributed by atoms with Gasteiger partial charge in [0.05, 0.1) is 6.67 Å². The molecule has 1 spiro atoms. The molecule has 2 aliphatic rings. The van der Waals surface area contributed by atoms with Crippen LogP contribution < -0.4 is 5.32 Å². The summed E-state index contributed by atoms with van der Waals surface area (Å²) >= 11 is 0. The molecule has 1 saturated carbocycles. The fourth-order valence-electron chi connectivity index (χ4n) is 3.74. The molecule has 18 heavy (non-hydrogen) atoms. The fourth-order valence-corrected chi connectivity index (χ4v) is 3.74. The first-order valence-corrected chi connectivity index (χ1v) is 7.85. The largest absolute Gasteiger partial charge is 0.308 e. The number of hydrogen-bond donors (Lipinski definition) is 1. The molecule has 1 unspecified atom stereocenters. The second kappa shape index (κ2) is 6.85. The molecule has 1 aliphatic heterocycles. The molecule has 1 atom stereocenters. The van der Waals surface area contributed by atoms with Crippen molar-refractivity contribution in [1.29, 1.82) is 0 Å². The summed E-state index contributed by atoms with van der Waals surface area (Å²) in [6.07, 6.45) is 9.93. The van der Waals surface area contributed by atoms with Gasteiger partial charge in [-0.2, -0.15) is 0 Å². The average Bonchev–Trinajstić information content (AvgIpc) is 2.40. The first kappa shape index (κ1) is 14.3. The molecule has 2 rings (SSSR count). The predicted octanol–water partition coefficient (Wildman–Crippen LogP) is 3.12. The van der Waals surface area contributed by atoms with Crippen molar-refractivity contribution in [2.45, 2.75) is 69.9 Å². The minimum Gasteiger partial charge on any atom is -0.308 e. The Bertz CT molecular complexity index is 239. The van der Waals surface area contributed by atoms with Crippen molar-refractivity contribution in [1.82, 2.24) is 10.2 Å². The van der Waals surface area contributed by atoms with E-state index in [2.05, 4.69) is 17.1 Å². The number of nitrogens with one attached hydrogen (secondary N) is 1. The number of halogens is 1. The molecule has 0 amide bonds. The van der Waals surface area contributed by atoms with E-state index in [1.54, 1.807) is 0 Å². The van der Waals surface area contributed by atoms with Crippen molar-refractivity contribution in [2.24, 2.45) is 0 Å². The zero-order valence-corrected chi connectivity index (χ0v) is 11.9. The quantitative estimate of drug-likeness (QED) is 0.813. The maximum atomic E-state index is 12.5. The van der Waals surface area contributed by atoms with Crippen LogP contribution in [-0.2, 0) is 0 Å². The molecule has 0 aromatic rings. The topological polar surface area (TPSA) is 15.3 Å². The lowest BCUT2D eigenvalue weighted by molar-refractivity contribution is 0.0497. The van der Waals surface area contributed by atoms with Crippen LogP contribution in [0.1, 0.15) is 58.3 Å². The predicted molar refractivity (Wildman–Crippen MR) is 74.7 cm³/mol. The third kappa shape index (κ3) is 3.45. The van der Waals surface area contributed by atoms with Crippen LogP contribution in [0.25, 0.3) is 0 Å². The summed E-state index contributed by atoms with van der Waals surface area (Å²) in [5.41, 5.74) is 0.360. The van der Waals surface area contributed by atoms with Gasteiger partial charge in [0.25, 0.3) is 0 Å². The Morgan fingerprint density at radius 3 is 2.72 bits per heavy atom. The second-order valence-corrected chi connectivity index (χ2v) is 6.18. The van der Waals surface area contributed by atoms with E-state index in [4.69, 9.17) is 0 Å². The van der Waals surface area contributed by atoms with Crippen LogP contribution in [0.2, 0.25) is 0 Å². The first-order valence-electron chi connectivity index (χ1n) is 7.85. The highest BCUT2D eigenvalue weighted by molar-refractivity contribution is 4.99. The van der Waals surface area contributed by atoms with Gasteiger partial charge in [-0.05, 0) is 25.7 Å². The second-order valence-electron chi connectivity index (χ2n) is 6.18. The number of rotatable bonds is 5. The minimum absolute atomic E-state index is 0.171. The molecule has 3 heteroatoms. The van der Waals surface area contributed by atoms with Gasteiger partial charge in [0.2, 0.25) is 0 Å². The summed E-state index contributed by atoms with van der Waals surface area (Å²) in [5, 5.41) is 3.84. The Kier molecular flexibility index (Phi) is 5.43. The lowest BCUT2D eigenvalue weighted by Gasteiger charge is -2.50. The van der Waals surface area contributed by atoms with Crippen molar-refractivity contribution < 1.29 is 4.39 Å². The number of piperazine rings is 1. The van der Waals surface area contributed by atoms with E-state index in [-0.39, 0.29) is 6.67 Å². The van der Waals surface area contributed by atoms with Crippen LogP contribution in [0.5, 0.6) is 0 Å². The molecule has 0 aromatic heterocycles. The highest BCUT2D eigenvalue weighted by Crippen LogP contribution is 2.32. The zero-order valence-electron chi connectivity index (χ0n) is 11.9. The molecule has 106 valence electrons. The van der Waals surface area contributed by atoms with Crippen LogP contribution in [0.3, 0.4) is 0 Å². The van der Waals surface area contributed by atoms with Gasteiger partial charge in [-0.1, -0.05) is 32.6 Å². The zero-order chi connectivity index (χ0) is 12.8. The van der Waals surface area contributed by atoms with Gasteiger partial charge < -0.3 is 5.32 Å². The third-order valence-corrected chi connectivity index (χ3v) is 4.75. The van der Waals surface area contributed by atoms with E-state index in [0.29, 0.717) is 18.0 Å². The Labute approximate surface area is 111 Å². The fraction of sp³-hybridized carbons (Fsp3) is 1.00. The SMILES string of the molecule is CCCC1CNC2(CCCCC2)CN1CCCF. The Balaban J connectivity index is 1.94. The maximum absolute atomic E-state index is 12.5. The van der Waals surface area contributed by atoms with E-state index in [0.717, 1.165) is 19.6 Å². The minimum atomic E-state index is -0.171. The molecule has 1 aliphatic carbocycles. The van der Waals surface area contributed by atoms with Crippen molar-refractivity contribution in [3.05, 3.63) is 0 Å². The Morgan fingerprint density at radius 2 is 2.06 bits per heavy atom. The van der Waals surface area contributed by atoms with Crippen molar-refractivity contribution >= 4 is 0 Å². The van der Waals surface area contributed by atoms with Gasteiger partial charge >= 0.3 is 0 Å². The van der Waals surface area contributed by atoms with E-state index in [1.165, 1.54) is 44.9 Å². The summed E-state index contributed by atoms with van der Waals surface area (Å²) < 4.78 is 12.5. The summed E-state index contributed by atoms with van der Waals surface area (Å²) in [5.74, 6) is 0. The summed E-state index contributed by atoms with van der Waals surface area (Å²) in [6.45, 7) is 5.29. The Morgan fingerprint density at radius 1 is 1.28 bits per heavy atom. The van der Waals surface area contributed by atoms with Crippen molar-refractivity contribution in [2.75, 3.05) is 26.3 Å². The van der Waals surface area contributed by atoms with E-state index < -0.39 is 0 Å². The van der Waals surface area contributed by atoms with Gasteiger partial charge in [-0.15, -0.1) is 0 Å². The molecule has 1 saturated heterocycles. The number of hydrogen-bond acceptors (Lipinski definition) is 2. The summed E-state index contributed by atoms with van der Waals surface area (Å²) in [4.78, 5) is 2.57. The van der Waals surface area contributed by atoms with E-state index >= 15 is 0 Å². The highest BCUT2D eigenvalue weighted by Gasteiger charge is 2.39. The van der Waals surface area contributed by atoms with Crippen LogP contribution in [0.4, 0.5) is 4.39 Å². The van der Waals surface area contributed by atoms with Crippen molar-refractivity contribution in [3.8, 4) is 0 Å². The first-order chi connectivity index (χ1) is 8.79. The molecule has 2 fully saturated rings. The van der Waals surface area contributed by atoms with Gasteiger partial charge in [0, 0.05) is 31.2 Å².